The predicted molar refractivity (Wildman–Crippen MR) is 90.0 cm³/mol. The van der Waals surface area contributed by atoms with Gasteiger partial charge >= 0.3 is 0 Å². The van der Waals surface area contributed by atoms with E-state index in [0.29, 0.717) is 0 Å². The Morgan fingerprint density at radius 2 is 1.30 bits per heavy atom. The first-order valence-corrected chi connectivity index (χ1v) is 8.63. The maximum absolute atomic E-state index is 2.64. The van der Waals surface area contributed by atoms with Crippen molar-refractivity contribution in [1.82, 2.24) is 4.90 Å². The Hall–Kier alpha value is -0.820. The van der Waals surface area contributed by atoms with E-state index in [0.717, 1.165) is 6.54 Å². The third-order valence-corrected chi connectivity index (χ3v) is 3.90. The van der Waals surface area contributed by atoms with Gasteiger partial charge in [0.1, 0.15) is 0 Å². The van der Waals surface area contributed by atoms with E-state index in [2.05, 4.69) is 49.1 Å². The molecule has 1 aromatic carbocycles. The van der Waals surface area contributed by atoms with Crippen LogP contribution in [-0.2, 0) is 6.54 Å². The molecule has 0 aromatic heterocycles. The molecule has 0 fully saturated rings. The lowest BCUT2D eigenvalue weighted by Gasteiger charge is -2.22. The van der Waals surface area contributed by atoms with Gasteiger partial charge in [-0.3, -0.25) is 4.90 Å². The van der Waals surface area contributed by atoms with Crippen molar-refractivity contribution >= 4 is 0 Å². The molecule has 0 radical (unpaired) electrons. The molecular weight excluding hydrogens is 242 g/mol. The van der Waals surface area contributed by atoms with E-state index in [-0.39, 0.29) is 0 Å². The molecule has 114 valence electrons. The predicted octanol–water partition coefficient (Wildman–Crippen LogP) is 5.65. The average molecular weight is 275 g/mol. The van der Waals surface area contributed by atoms with Crippen molar-refractivity contribution in [3.63, 3.8) is 0 Å². The van der Waals surface area contributed by atoms with E-state index in [1.165, 1.54) is 70.0 Å². The average Bonchev–Trinajstić information content (AvgIpc) is 2.49. The summed E-state index contributed by atoms with van der Waals surface area (Å²) in [6, 6.07) is 10.9. The summed E-state index contributed by atoms with van der Waals surface area (Å²) in [6.07, 6.45) is 11.0. The van der Waals surface area contributed by atoms with Crippen LogP contribution in [0.15, 0.2) is 30.3 Å². The molecule has 1 heteroatoms. The molecule has 0 unspecified atom stereocenters. The van der Waals surface area contributed by atoms with Gasteiger partial charge in [-0.15, -0.1) is 0 Å². The fourth-order valence-corrected chi connectivity index (χ4v) is 2.61. The highest BCUT2D eigenvalue weighted by Gasteiger charge is 2.05. The van der Waals surface area contributed by atoms with Crippen molar-refractivity contribution in [1.29, 1.82) is 0 Å². The Balaban J connectivity index is 2.25. The lowest BCUT2D eigenvalue weighted by atomic mass is 10.1. The Labute approximate surface area is 126 Å². The molecule has 0 spiro atoms. The Bertz CT molecular complexity index is 307. The summed E-state index contributed by atoms with van der Waals surface area (Å²) < 4.78 is 0. The van der Waals surface area contributed by atoms with Gasteiger partial charge in [0.2, 0.25) is 0 Å². The maximum Gasteiger partial charge on any atom is 0.0233 e. The highest BCUT2D eigenvalue weighted by atomic mass is 15.1. The summed E-state index contributed by atoms with van der Waals surface area (Å²) in [4.78, 5) is 2.64. The van der Waals surface area contributed by atoms with Gasteiger partial charge in [-0.05, 0) is 31.5 Å². The van der Waals surface area contributed by atoms with Gasteiger partial charge in [-0.1, -0.05) is 82.7 Å². The van der Waals surface area contributed by atoms with Crippen LogP contribution in [0.5, 0.6) is 0 Å². The minimum atomic E-state index is 1.12. The lowest BCUT2D eigenvalue weighted by molar-refractivity contribution is 0.254. The van der Waals surface area contributed by atoms with E-state index in [1.807, 2.05) is 0 Å². The van der Waals surface area contributed by atoms with Crippen LogP contribution in [0.4, 0.5) is 0 Å². The molecule has 0 saturated carbocycles. The van der Waals surface area contributed by atoms with E-state index in [9.17, 15) is 0 Å². The van der Waals surface area contributed by atoms with Gasteiger partial charge in [0.15, 0.2) is 0 Å². The third-order valence-electron chi connectivity index (χ3n) is 3.90. The Morgan fingerprint density at radius 3 is 2.00 bits per heavy atom. The Morgan fingerprint density at radius 1 is 0.700 bits per heavy atom. The fraction of sp³-hybridized carbons (Fsp3) is 0.684. The van der Waals surface area contributed by atoms with Gasteiger partial charge < -0.3 is 0 Å². The number of rotatable bonds is 12. The molecule has 1 aromatic rings. The molecular formula is C19H33N. The van der Waals surface area contributed by atoms with E-state index in [1.54, 1.807) is 0 Å². The summed E-state index contributed by atoms with van der Waals surface area (Å²) in [7, 11) is 0. The largest absolute Gasteiger partial charge is 0.299 e. The lowest BCUT2D eigenvalue weighted by Crippen LogP contribution is -2.25. The monoisotopic (exact) mass is 275 g/mol. The zero-order chi connectivity index (χ0) is 14.5. The van der Waals surface area contributed by atoms with E-state index < -0.39 is 0 Å². The standard InChI is InChI=1S/C19H33N/c1-3-5-7-8-9-13-17-20(16-6-4-2)18-19-14-11-10-12-15-19/h10-12,14-15H,3-9,13,16-18H2,1-2H3. The molecule has 0 aliphatic carbocycles. The molecule has 0 aliphatic heterocycles. The van der Waals surface area contributed by atoms with Crippen LogP contribution in [0.3, 0.4) is 0 Å². The molecule has 0 heterocycles. The summed E-state index contributed by atoms with van der Waals surface area (Å²) in [5, 5.41) is 0. The van der Waals surface area contributed by atoms with Crippen molar-refractivity contribution in [2.24, 2.45) is 0 Å². The second-order valence-electron chi connectivity index (χ2n) is 5.88. The van der Waals surface area contributed by atoms with Crippen LogP contribution in [0.1, 0.15) is 70.8 Å². The number of hydrogen-bond acceptors (Lipinski definition) is 1. The van der Waals surface area contributed by atoms with Gasteiger partial charge in [0, 0.05) is 6.54 Å². The van der Waals surface area contributed by atoms with Gasteiger partial charge in [0.25, 0.3) is 0 Å². The molecule has 20 heavy (non-hydrogen) atoms. The fourth-order valence-electron chi connectivity index (χ4n) is 2.61. The molecule has 0 aliphatic rings. The van der Waals surface area contributed by atoms with Crippen LogP contribution in [0.2, 0.25) is 0 Å². The topological polar surface area (TPSA) is 3.24 Å². The van der Waals surface area contributed by atoms with Crippen molar-refractivity contribution in [2.45, 2.75) is 71.8 Å². The third kappa shape index (κ3) is 8.37. The van der Waals surface area contributed by atoms with Crippen molar-refractivity contribution < 1.29 is 0 Å². The van der Waals surface area contributed by atoms with Crippen LogP contribution < -0.4 is 0 Å². The normalized spacial score (nSPS) is 11.2. The van der Waals surface area contributed by atoms with Crippen molar-refractivity contribution in [2.75, 3.05) is 13.1 Å². The van der Waals surface area contributed by atoms with Crippen LogP contribution in [0.25, 0.3) is 0 Å². The number of benzene rings is 1. The highest BCUT2D eigenvalue weighted by molar-refractivity contribution is 5.14. The summed E-state index contributed by atoms with van der Waals surface area (Å²) >= 11 is 0. The first-order chi connectivity index (χ1) is 9.86. The minimum Gasteiger partial charge on any atom is -0.299 e. The van der Waals surface area contributed by atoms with Crippen LogP contribution in [-0.4, -0.2) is 18.0 Å². The SMILES string of the molecule is CCCCCCCCN(CCCC)Cc1ccccc1. The van der Waals surface area contributed by atoms with Crippen LogP contribution in [0, 0.1) is 0 Å². The molecule has 1 rings (SSSR count). The smallest absolute Gasteiger partial charge is 0.0233 e. The van der Waals surface area contributed by atoms with Gasteiger partial charge in [-0.2, -0.15) is 0 Å². The summed E-state index contributed by atoms with van der Waals surface area (Å²) in [5.74, 6) is 0. The molecule has 0 saturated heterocycles. The molecule has 0 N–H and O–H groups in total. The van der Waals surface area contributed by atoms with Crippen molar-refractivity contribution in [3.05, 3.63) is 35.9 Å². The van der Waals surface area contributed by atoms with Crippen molar-refractivity contribution in [3.8, 4) is 0 Å². The Kier molecular flexibility index (Phi) is 10.3. The van der Waals surface area contributed by atoms with E-state index >= 15 is 0 Å². The summed E-state index contributed by atoms with van der Waals surface area (Å²) in [6.45, 7) is 8.20. The van der Waals surface area contributed by atoms with Gasteiger partial charge in [0.05, 0.1) is 0 Å². The number of hydrogen-bond donors (Lipinski definition) is 0. The first kappa shape index (κ1) is 17.2. The van der Waals surface area contributed by atoms with Crippen LogP contribution >= 0.6 is 0 Å². The molecule has 0 amide bonds. The maximum atomic E-state index is 2.64. The first-order valence-electron chi connectivity index (χ1n) is 8.63. The molecule has 1 nitrogen and oxygen atoms in total. The zero-order valence-corrected chi connectivity index (χ0v) is 13.6. The zero-order valence-electron chi connectivity index (χ0n) is 13.6. The second-order valence-corrected chi connectivity index (χ2v) is 5.88. The second kappa shape index (κ2) is 12.0. The van der Waals surface area contributed by atoms with Gasteiger partial charge in [-0.25, -0.2) is 0 Å². The minimum absolute atomic E-state index is 1.12. The molecule has 0 atom stereocenters. The summed E-state index contributed by atoms with van der Waals surface area (Å²) in [5.41, 5.74) is 1.45. The highest BCUT2D eigenvalue weighted by Crippen LogP contribution is 2.10. The van der Waals surface area contributed by atoms with E-state index in [4.69, 9.17) is 0 Å². The molecule has 0 bridgehead atoms. The quantitative estimate of drug-likeness (QED) is 0.446. The number of unbranched alkanes of at least 4 members (excludes halogenated alkanes) is 6. The number of nitrogens with zero attached hydrogens (tertiary/aromatic N) is 1.